The van der Waals surface area contributed by atoms with E-state index < -0.39 is 0 Å². The number of amides is 1. The zero-order valence-corrected chi connectivity index (χ0v) is 16.8. The van der Waals surface area contributed by atoms with E-state index in [9.17, 15) is 9.59 Å². The number of benzene rings is 1. The smallest absolute Gasteiger partial charge is 0.255 e. The molecule has 6 nitrogen and oxygen atoms in total. The third-order valence-electron chi connectivity index (χ3n) is 6.20. The summed E-state index contributed by atoms with van der Waals surface area (Å²) in [5.74, 6) is 1.43. The maximum Gasteiger partial charge on any atom is 0.255 e. The minimum atomic E-state index is -0.374. The monoisotopic (exact) mass is 392 g/mol. The SMILES string of the molecule is C=CCCC(C=O)N1Cc2cc(C3CCN(CC4=NCC=N4)CC3)ccc2C1=O. The summed E-state index contributed by atoms with van der Waals surface area (Å²) in [4.78, 5) is 37.1. The van der Waals surface area contributed by atoms with Crippen molar-refractivity contribution >= 4 is 24.2 Å². The van der Waals surface area contributed by atoms with Crippen LogP contribution in [0.2, 0.25) is 0 Å². The lowest BCUT2D eigenvalue weighted by Gasteiger charge is -2.31. The lowest BCUT2D eigenvalue weighted by Crippen LogP contribution is -2.36. The Morgan fingerprint density at radius 2 is 2.10 bits per heavy atom. The van der Waals surface area contributed by atoms with Crippen LogP contribution in [-0.2, 0) is 11.3 Å². The van der Waals surface area contributed by atoms with E-state index in [0.29, 0.717) is 18.9 Å². The van der Waals surface area contributed by atoms with E-state index >= 15 is 0 Å². The van der Waals surface area contributed by atoms with Gasteiger partial charge < -0.3 is 9.69 Å². The van der Waals surface area contributed by atoms with Crippen LogP contribution in [0.1, 0.15) is 53.1 Å². The highest BCUT2D eigenvalue weighted by molar-refractivity contribution is 5.99. The summed E-state index contributed by atoms with van der Waals surface area (Å²) in [6, 6.07) is 5.87. The molecule has 3 aliphatic rings. The number of likely N-dealkylation sites (tertiary alicyclic amines) is 1. The Bertz CT molecular complexity index is 852. The maximum atomic E-state index is 12.8. The first-order valence-electron chi connectivity index (χ1n) is 10.5. The van der Waals surface area contributed by atoms with Crippen molar-refractivity contribution in [3.63, 3.8) is 0 Å². The maximum absolute atomic E-state index is 12.8. The Morgan fingerprint density at radius 3 is 2.79 bits per heavy atom. The predicted octanol–water partition coefficient (Wildman–Crippen LogP) is 2.84. The normalized spacial score (nSPS) is 20.6. The lowest BCUT2D eigenvalue weighted by molar-refractivity contribution is -0.112. The molecule has 3 heterocycles. The minimum Gasteiger partial charge on any atom is -0.325 e. The van der Waals surface area contributed by atoms with Crippen molar-refractivity contribution < 1.29 is 9.59 Å². The van der Waals surface area contributed by atoms with Gasteiger partial charge >= 0.3 is 0 Å². The molecule has 3 aliphatic heterocycles. The fourth-order valence-electron chi connectivity index (χ4n) is 4.52. The van der Waals surface area contributed by atoms with E-state index in [0.717, 1.165) is 68.7 Å². The molecule has 0 bridgehead atoms. The van der Waals surface area contributed by atoms with E-state index in [1.165, 1.54) is 5.56 Å². The quantitative estimate of drug-likeness (QED) is 0.505. The number of piperidine rings is 1. The molecule has 0 radical (unpaired) electrons. The van der Waals surface area contributed by atoms with Crippen molar-refractivity contribution in [3.05, 3.63) is 47.5 Å². The first-order chi connectivity index (χ1) is 14.2. The number of allylic oxidation sites excluding steroid dienone is 1. The molecule has 29 heavy (non-hydrogen) atoms. The number of carbonyl (C=O) groups is 2. The summed E-state index contributed by atoms with van der Waals surface area (Å²) >= 11 is 0. The van der Waals surface area contributed by atoms with E-state index in [4.69, 9.17) is 0 Å². The van der Waals surface area contributed by atoms with Crippen LogP contribution in [0.3, 0.4) is 0 Å². The van der Waals surface area contributed by atoms with Gasteiger partial charge in [-0.2, -0.15) is 0 Å². The number of aldehydes is 1. The average Bonchev–Trinajstić information content (AvgIpc) is 3.37. The molecule has 1 aromatic carbocycles. The second-order valence-corrected chi connectivity index (χ2v) is 8.04. The van der Waals surface area contributed by atoms with Crippen LogP contribution in [0.25, 0.3) is 0 Å². The van der Waals surface area contributed by atoms with Crippen molar-refractivity contribution in [2.75, 3.05) is 26.2 Å². The first kappa shape index (κ1) is 19.7. The van der Waals surface area contributed by atoms with Crippen molar-refractivity contribution in [2.24, 2.45) is 9.98 Å². The van der Waals surface area contributed by atoms with E-state index in [2.05, 4.69) is 33.6 Å². The molecule has 1 amide bonds. The molecule has 0 saturated carbocycles. The number of fused-ring (bicyclic) bond motifs is 1. The standard InChI is InChI=1S/C23H28N4O2/c1-2-3-4-20(16-28)27-14-19-13-18(5-6-21(19)23(27)29)17-7-11-26(12-8-17)15-22-24-9-10-25-22/h2,5-6,9,13,16-17,20H,1,3-4,7-8,10-12,14-15H2. The molecule has 1 saturated heterocycles. The van der Waals surface area contributed by atoms with Crippen molar-refractivity contribution in [3.8, 4) is 0 Å². The second-order valence-electron chi connectivity index (χ2n) is 8.04. The fourth-order valence-corrected chi connectivity index (χ4v) is 4.52. The zero-order chi connectivity index (χ0) is 20.2. The molecule has 0 N–H and O–H groups in total. The molecule has 152 valence electrons. The van der Waals surface area contributed by atoms with Gasteiger partial charge in [-0.1, -0.05) is 18.2 Å². The van der Waals surface area contributed by atoms with Crippen LogP contribution < -0.4 is 0 Å². The molecular weight excluding hydrogens is 364 g/mol. The summed E-state index contributed by atoms with van der Waals surface area (Å²) in [6.07, 6.45) is 8.11. The summed E-state index contributed by atoms with van der Waals surface area (Å²) in [5.41, 5.74) is 3.10. The highest BCUT2D eigenvalue weighted by Gasteiger charge is 2.33. The summed E-state index contributed by atoms with van der Waals surface area (Å²) in [5, 5.41) is 0. The third-order valence-corrected chi connectivity index (χ3v) is 6.20. The fraction of sp³-hybridized carbons (Fsp3) is 0.478. The highest BCUT2D eigenvalue weighted by Crippen LogP contribution is 2.33. The van der Waals surface area contributed by atoms with Crippen LogP contribution >= 0.6 is 0 Å². The predicted molar refractivity (Wildman–Crippen MR) is 115 cm³/mol. The van der Waals surface area contributed by atoms with Gasteiger partial charge in [-0.05, 0) is 61.9 Å². The number of hydrogen-bond acceptors (Lipinski definition) is 5. The minimum absolute atomic E-state index is 0.0274. The number of nitrogens with zero attached hydrogens (tertiary/aromatic N) is 4. The van der Waals surface area contributed by atoms with Gasteiger partial charge in [0.05, 0.1) is 19.1 Å². The number of amidine groups is 1. The van der Waals surface area contributed by atoms with Gasteiger partial charge in [0, 0.05) is 18.3 Å². The molecule has 0 spiro atoms. The van der Waals surface area contributed by atoms with Crippen LogP contribution in [0.15, 0.2) is 40.8 Å². The Morgan fingerprint density at radius 1 is 1.28 bits per heavy atom. The second kappa shape index (κ2) is 8.82. The number of carbonyl (C=O) groups excluding carboxylic acids is 2. The Balaban J connectivity index is 1.39. The topological polar surface area (TPSA) is 65.3 Å². The van der Waals surface area contributed by atoms with Gasteiger partial charge in [-0.15, -0.1) is 6.58 Å². The van der Waals surface area contributed by atoms with Crippen LogP contribution in [-0.4, -0.2) is 66.3 Å². The van der Waals surface area contributed by atoms with Crippen molar-refractivity contribution in [1.29, 1.82) is 0 Å². The van der Waals surface area contributed by atoms with E-state index in [1.807, 2.05) is 12.3 Å². The lowest BCUT2D eigenvalue weighted by atomic mass is 9.88. The van der Waals surface area contributed by atoms with Gasteiger partial charge in [-0.25, -0.2) is 4.99 Å². The van der Waals surface area contributed by atoms with Crippen LogP contribution in [0.5, 0.6) is 0 Å². The van der Waals surface area contributed by atoms with E-state index in [-0.39, 0.29) is 11.9 Å². The van der Waals surface area contributed by atoms with Gasteiger partial charge in [0.25, 0.3) is 5.91 Å². The van der Waals surface area contributed by atoms with Gasteiger partial charge in [-0.3, -0.25) is 14.7 Å². The van der Waals surface area contributed by atoms with Crippen LogP contribution in [0, 0.1) is 0 Å². The molecule has 4 rings (SSSR count). The summed E-state index contributed by atoms with van der Waals surface area (Å²) < 4.78 is 0. The molecule has 1 aromatic rings. The third kappa shape index (κ3) is 4.22. The molecule has 0 aliphatic carbocycles. The number of aliphatic imine (C=N–C) groups is 2. The highest BCUT2D eigenvalue weighted by atomic mass is 16.2. The van der Waals surface area contributed by atoms with Gasteiger partial charge in [0.2, 0.25) is 0 Å². The molecule has 1 atom stereocenters. The summed E-state index contributed by atoms with van der Waals surface area (Å²) in [7, 11) is 0. The van der Waals surface area contributed by atoms with Crippen LogP contribution in [0.4, 0.5) is 0 Å². The van der Waals surface area contributed by atoms with Gasteiger partial charge in [0.1, 0.15) is 12.1 Å². The van der Waals surface area contributed by atoms with Crippen molar-refractivity contribution in [2.45, 2.75) is 44.2 Å². The largest absolute Gasteiger partial charge is 0.325 e. The Labute approximate surface area is 172 Å². The molecule has 1 unspecified atom stereocenters. The van der Waals surface area contributed by atoms with Crippen molar-refractivity contribution in [1.82, 2.24) is 9.80 Å². The molecule has 1 fully saturated rings. The van der Waals surface area contributed by atoms with Gasteiger partial charge in [0.15, 0.2) is 0 Å². The average molecular weight is 393 g/mol. The number of hydrogen-bond donors (Lipinski definition) is 0. The molecular formula is C23H28N4O2. The number of rotatable bonds is 8. The molecule has 0 aromatic heterocycles. The summed E-state index contributed by atoms with van der Waals surface area (Å²) in [6.45, 7) is 7.88. The zero-order valence-electron chi connectivity index (χ0n) is 16.8. The molecule has 6 heteroatoms. The van der Waals surface area contributed by atoms with E-state index in [1.54, 1.807) is 11.0 Å². The Kier molecular flexibility index (Phi) is 6.00. The first-order valence-corrected chi connectivity index (χ1v) is 10.5. The Hall–Kier alpha value is -2.60.